The number of hydrogen-bond donors (Lipinski definition) is 2. The Balaban J connectivity index is 2.10. The Kier molecular flexibility index (Phi) is 2.90. The SMILES string of the molecule is CC1CCCC1Nc1scnc1C(=O)O. The number of nitrogens with zero attached hydrogens (tertiary/aromatic N) is 1. The largest absolute Gasteiger partial charge is 0.476 e. The average molecular weight is 226 g/mol. The first-order valence-corrected chi connectivity index (χ1v) is 5.99. The van der Waals surface area contributed by atoms with E-state index < -0.39 is 5.97 Å². The van der Waals surface area contributed by atoms with E-state index in [9.17, 15) is 4.79 Å². The highest BCUT2D eigenvalue weighted by Gasteiger charge is 2.25. The molecule has 1 aromatic rings. The van der Waals surface area contributed by atoms with Gasteiger partial charge in [0.1, 0.15) is 5.00 Å². The van der Waals surface area contributed by atoms with Crippen molar-refractivity contribution in [3.05, 3.63) is 11.2 Å². The normalized spacial score (nSPS) is 25.4. The monoisotopic (exact) mass is 226 g/mol. The number of nitrogens with one attached hydrogen (secondary N) is 1. The van der Waals surface area contributed by atoms with Crippen LogP contribution < -0.4 is 5.32 Å². The van der Waals surface area contributed by atoms with Gasteiger partial charge in [0, 0.05) is 6.04 Å². The van der Waals surface area contributed by atoms with Gasteiger partial charge in [-0.15, -0.1) is 11.3 Å². The van der Waals surface area contributed by atoms with Crippen LogP contribution in [0.25, 0.3) is 0 Å². The number of aromatic carboxylic acids is 1. The Morgan fingerprint density at radius 3 is 3.07 bits per heavy atom. The molecule has 1 fully saturated rings. The maximum Gasteiger partial charge on any atom is 0.357 e. The summed E-state index contributed by atoms with van der Waals surface area (Å²) in [6.45, 7) is 2.20. The van der Waals surface area contributed by atoms with Crippen molar-refractivity contribution in [3.63, 3.8) is 0 Å². The third-order valence-electron chi connectivity index (χ3n) is 2.95. The number of carboxylic acid groups (broad SMARTS) is 1. The Morgan fingerprint density at radius 2 is 2.47 bits per heavy atom. The fourth-order valence-corrected chi connectivity index (χ4v) is 2.76. The number of carboxylic acids is 1. The van der Waals surface area contributed by atoms with Crippen molar-refractivity contribution in [3.8, 4) is 0 Å². The number of anilines is 1. The van der Waals surface area contributed by atoms with Crippen molar-refractivity contribution >= 4 is 22.3 Å². The first kappa shape index (κ1) is 10.4. The van der Waals surface area contributed by atoms with Gasteiger partial charge in [0.05, 0.1) is 5.51 Å². The number of thiazole rings is 1. The molecule has 5 heteroatoms. The molecule has 0 bridgehead atoms. The van der Waals surface area contributed by atoms with Gasteiger partial charge < -0.3 is 10.4 Å². The molecular formula is C10H14N2O2S. The first-order chi connectivity index (χ1) is 7.18. The second-order valence-electron chi connectivity index (χ2n) is 3.99. The van der Waals surface area contributed by atoms with E-state index in [1.54, 1.807) is 5.51 Å². The molecule has 82 valence electrons. The molecule has 1 heterocycles. The minimum absolute atomic E-state index is 0.152. The van der Waals surface area contributed by atoms with Gasteiger partial charge in [0.15, 0.2) is 5.69 Å². The van der Waals surface area contributed by atoms with E-state index in [2.05, 4.69) is 17.2 Å². The predicted molar refractivity (Wildman–Crippen MR) is 59.5 cm³/mol. The lowest BCUT2D eigenvalue weighted by atomic mass is 10.1. The van der Waals surface area contributed by atoms with E-state index in [0.29, 0.717) is 17.0 Å². The van der Waals surface area contributed by atoms with E-state index in [1.165, 1.54) is 24.2 Å². The van der Waals surface area contributed by atoms with E-state index in [4.69, 9.17) is 5.11 Å². The van der Waals surface area contributed by atoms with E-state index in [-0.39, 0.29) is 5.69 Å². The van der Waals surface area contributed by atoms with Gasteiger partial charge in [-0.05, 0) is 18.8 Å². The van der Waals surface area contributed by atoms with Crippen LogP contribution in [0.4, 0.5) is 5.00 Å². The molecule has 2 N–H and O–H groups in total. The molecule has 2 rings (SSSR count). The lowest BCUT2D eigenvalue weighted by Gasteiger charge is -2.17. The zero-order valence-electron chi connectivity index (χ0n) is 8.56. The first-order valence-electron chi connectivity index (χ1n) is 5.12. The molecule has 0 radical (unpaired) electrons. The van der Waals surface area contributed by atoms with Crippen LogP contribution in [0.2, 0.25) is 0 Å². The number of hydrogen-bond acceptors (Lipinski definition) is 4. The summed E-state index contributed by atoms with van der Waals surface area (Å²) in [5.41, 5.74) is 1.73. The number of aromatic nitrogens is 1. The minimum atomic E-state index is -0.954. The topological polar surface area (TPSA) is 62.2 Å². The minimum Gasteiger partial charge on any atom is -0.476 e. The van der Waals surface area contributed by atoms with Crippen molar-refractivity contribution in [2.75, 3.05) is 5.32 Å². The van der Waals surface area contributed by atoms with E-state index in [1.807, 2.05) is 0 Å². The van der Waals surface area contributed by atoms with Crippen molar-refractivity contribution < 1.29 is 9.90 Å². The molecule has 0 amide bonds. The van der Waals surface area contributed by atoms with Crippen LogP contribution in [0.5, 0.6) is 0 Å². The zero-order valence-corrected chi connectivity index (χ0v) is 9.38. The summed E-state index contributed by atoms with van der Waals surface area (Å²) in [4.78, 5) is 14.7. The fourth-order valence-electron chi connectivity index (χ4n) is 2.03. The second kappa shape index (κ2) is 4.18. The molecule has 0 aromatic carbocycles. The molecule has 2 atom stereocenters. The Labute approximate surface area is 92.3 Å². The highest BCUT2D eigenvalue weighted by atomic mass is 32.1. The van der Waals surface area contributed by atoms with Crippen molar-refractivity contribution in [1.29, 1.82) is 0 Å². The van der Waals surface area contributed by atoms with Crippen LogP contribution >= 0.6 is 11.3 Å². The van der Waals surface area contributed by atoms with Crippen LogP contribution in [0.1, 0.15) is 36.7 Å². The third kappa shape index (κ3) is 2.12. The van der Waals surface area contributed by atoms with Gasteiger partial charge >= 0.3 is 5.97 Å². The van der Waals surface area contributed by atoms with Crippen LogP contribution in [0, 0.1) is 5.92 Å². The van der Waals surface area contributed by atoms with Gasteiger partial charge in [-0.3, -0.25) is 0 Å². The maximum atomic E-state index is 10.8. The highest BCUT2D eigenvalue weighted by Crippen LogP contribution is 2.30. The number of rotatable bonds is 3. The molecule has 1 aromatic heterocycles. The zero-order chi connectivity index (χ0) is 10.8. The van der Waals surface area contributed by atoms with Gasteiger partial charge in [0.25, 0.3) is 0 Å². The van der Waals surface area contributed by atoms with Gasteiger partial charge in [-0.2, -0.15) is 0 Å². The van der Waals surface area contributed by atoms with Crippen LogP contribution in [-0.2, 0) is 0 Å². The maximum absolute atomic E-state index is 10.8. The summed E-state index contributed by atoms with van der Waals surface area (Å²) < 4.78 is 0. The Morgan fingerprint density at radius 1 is 1.67 bits per heavy atom. The highest BCUT2D eigenvalue weighted by molar-refractivity contribution is 7.14. The van der Waals surface area contributed by atoms with E-state index >= 15 is 0 Å². The quantitative estimate of drug-likeness (QED) is 0.831. The molecule has 2 unspecified atom stereocenters. The molecule has 4 nitrogen and oxygen atoms in total. The van der Waals surface area contributed by atoms with E-state index in [0.717, 1.165) is 6.42 Å². The van der Waals surface area contributed by atoms with Crippen molar-refractivity contribution in [2.45, 2.75) is 32.2 Å². The summed E-state index contributed by atoms with van der Waals surface area (Å²) in [6, 6.07) is 0.406. The molecule has 1 aliphatic rings. The smallest absolute Gasteiger partial charge is 0.357 e. The molecule has 0 spiro atoms. The Hall–Kier alpha value is -1.10. The van der Waals surface area contributed by atoms with Crippen LogP contribution in [0.15, 0.2) is 5.51 Å². The summed E-state index contributed by atoms with van der Waals surface area (Å²) in [6.07, 6.45) is 3.57. The standard InChI is InChI=1S/C10H14N2O2S/c1-6-3-2-4-7(6)12-9-8(10(13)14)11-5-15-9/h5-7,12H,2-4H2,1H3,(H,13,14). The average Bonchev–Trinajstić information content (AvgIpc) is 2.77. The molecule has 1 saturated carbocycles. The van der Waals surface area contributed by atoms with Gasteiger partial charge in [-0.1, -0.05) is 13.3 Å². The van der Waals surface area contributed by atoms with Crippen molar-refractivity contribution in [1.82, 2.24) is 4.98 Å². The summed E-state index contributed by atoms with van der Waals surface area (Å²) >= 11 is 1.36. The lowest BCUT2D eigenvalue weighted by Crippen LogP contribution is -2.22. The second-order valence-corrected chi connectivity index (χ2v) is 4.85. The molecule has 1 aliphatic carbocycles. The molecule has 0 aliphatic heterocycles. The summed E-state index contributed by atoms with van der Waals surface area (Å²) in [5, 5.41) is 12.9. The molecular weight excluding hydrogens is 212 g/mol. The summed E-state index contributed by atoms with van der Waals surface area (Å²) in [7, 11) is 0. The fraction of sp³-hybridized carbons (Fsp3) is 0.600. The number of carbonyl (C=O) groups is 1. The predicted octanol–water partition coefficient (Wildman–Crippen LogP) is 2.44. The lowest BCUT2D eigenvalue weighted by molar-refractivity contribution is 0.0692. The van der Waals surface area contributed by atoms with Crippen LogP contribution in [-0.4, -0.2) is 22.1 Å². The van der Waals surface area contributed by atoms with Gasteiger partial charge in [-0.25, -0.2) is 9.78 Å². The van der Waals surface area contributed by atoms with Crippen molar-refractivity contribution in [2.24, 2.45) is 5.92 Å². The van der Waals surface area contributed by atoms with Gasteiger partial charge in [0.2, 0.25) is 0 Å². The van der Waals surface area contributed by atoms with Crippen LogP contribution in [0.3, 0.4) is 0 Å². The molecule has 0 saturated heterocycles. The Bertz CT molecular complexity index is 364. The summed E-state index contributed by atoms with van der Waals surface area (Å²) in [5.74, 6) is -0.335. The third-order valence-corrected chi connectivity index (χ3v) is 3.71. The molecule has 15 heavy (non-hydrogen) atoms.